The van der Waals surface area contributed by atoms with Gasteiger partial charge in [0, 0.05) is 44.4 Å². The van der Waals surface area contributed by atoms with E-state index in [1.807, 2.05) is 0 Å². The van der Waals surface area contributed by atoms with Crippen LogP contribution in [0.4, 0.5) is 8.78 Å². The van der Waals surface area contributed by atoms with Gasteiger partial charge in [0.25, 0.3) is 0 Å². The zero-order valence-corrected chi connectivity index (χ0v) is 16.9. The van der Waals surface area contributed by atoms with Gasteiger partial charge in [0.15, 0.2) is 0 Å². The molecule has 0 bridgehead atoms. The maximum absolute atomic E-state index is 13.6. The van der Waals surface area contributed by atoms with E-state index < -0.39 is 11.6 Å². The van der Waals surface area contributed by atoms with Gasteiger partial charge >= 0.3 is 0 Å². The summed E-state index contributed by atoms with van der Waals surface area (Å²) in [4.78, 5) is 16.3. The van der Waals surface area contributed by atoms with Crippen LogP contribution in [0.2, 0.25) is 0 Å². The van der Waals surface area contributed by atoms with Crippen LogP contribution in [-0.4, -0.2) is 41.9 Å². The molecule has 0 N–H and O–H groups in total. The molecule has 1 aliphatic heterocycles. The Morgan fingerprint density at radius 2 is 1.64 bits per heavy atom. The Morgan fingerprint density at radius 1 is 1.00 bits per heavy atom. The van der Waals surface area contributed by atoms with E-state index in [2.05, 4.69) is 36.9 Å². The monoisotopic (exact) mass is 406 g/mol. The minimum Gasteiger partial charge on any atom is -0.337 e. The molecular formula is C22H25ClF2N2O. The summed E-state index contributed by atoms with van der Waals surface area (Å²) in [7, 11) is 0. The van der Waals surface area contributed by atoms with Crippen molar-refractivity contribution in [2.45, 2.75) is 20.4 Å². The van der Waals surface area contributed by atoms with Crippen LogP contribution in [-0.2, 0) is 11.3 Å². The molecule has 1 amide bonds. The fourth-order valence-electron chi connectivity index (χ4n) is 3.22. The molecule has 6 heteroatoms. The highest BCUT2D eigenvalue weighted by molar-refractivity contribution is 5.91. The lowest BCUT2D eigenvalue weighted by Gasteiger charge is -2.34. The Labute approximate surface area is 171 Å². The van der Waals surface area contributed by atoms with E-state index in [0.29, 0.717) is 13.1 Å². The Bertz CT molecular complexity index is 841. The Kier molecular flexibility index (Phi) is 7.72. The molecule has 0 saturated carbocycles. The zero-order chi connectivity index (χ0) is 19.4. The lowest BCUT2D eigenvalue weighted by Crippen LogP contribution is -2.47. The molecule has 0 spiro atoms. The molecule has 3 nitrogen and oxygen atoms in total. The largest absolute Gasteiger partial charge is 0.337 e. The summed E-state index contributed by atoms with van der Waals surface area (Å²) in [5, 5.41) is 0. The molecule has 3 rings (SSSR count). The van der Waals surface area contributed by atoms with Gasteiger partial charge in [0.05, 0.1) is 0 Å². The standard InChI is InChI=1S/C22H24F2N2O.ClH/c1-16-6-7-18(14-17(16)2)15-25-10-12-26(13-11-25)22(27)9-8-19-20(23)4-3-5-21(19)24;/h3-9,14H,10-13,15H2,1-2H3;1H/b9-8+;. The predicted octanol–water partition coefficient (Wildman–Crippen LogP) is 4.36. The third kappa shape index (κ3) is 5.40. The molecule has 1 aliphatic rings. The third-order valence-electron chi connectivity index (χ3n) is 5.05. The third-order valence-corrected chi connectivity index (χ3v) is 5.05. The normalized spacial score (nSPS) is 14.9. The van der Waals surface area contributed by atoms with Gasteiger partial charge < -0.3 is 4.90 Å². The topological polar surface area (TPSA) is 23.6 Å². The Hall–Kier alpha value is -2.24. The number of hydrogen-bond acceptors (Lipinski definition) is 2. The fourth-order valence-corrected chi connectivity index (χ4v) is 3.22. The Balaban J connectivity index is 0.00000280. The lowest BCUT2D eigenvalue weighted by atomic mass is 10.1. The molecule has 2 aromatic rings. The minimum absolute atomic E-state index is 0. The summed E-state index contributed by atoms with van der Waals surface area (Å²) in [6.07, 6.45) is 2.47. The number of carbonyl (C=O) groups excluding carboxylic acids is 1. The number of benzene rings is 2. The second-order valence-corrected chi connectivity index (χ2v) is 6.99. The molecule has 2 aromatic carbocycles. The van der Waals surface area contributed by atoms with Crippen molar-refractivity contribution in [3.63, 3.8) is 0 Å². The van der Waals surface area contributed by atoms with Crippen LogP contribution in [0.25, 0.3) is 6.08 Å². The van der Waals surface area contributed by atoms with Crippen molar-refractivity contribution >= 4 is 24.4 Å². The summed E-state index contributed by atoms with van der Waals surface area (Å²) in [6, 6.07) is 10.2. The van der Waals surface area contributed by atoms with Crippen molar-refractivity contribution in [3.05, 3.63) is 76.4 Å². The molecule has 28 heavy (non-hydrogen) atoms. The highest BCUT2D eigenvalue weighted by Crippen LogP contribution is 2.15. The van der Waals surface area contributed by atoms with Crippen molar-refractivity contribution in [2.24, 2.45) is 0 Å². The van der Waals surface area contributed by atoms with Crippen LogP contribution >= 0.6 is 12.4 Å². The first-order chi connectivity index (χ1) is 12.9. The van der Waals surface area contributed by atoms with Crippen molar-refractivity contribution in [2.75, 3.05) is 26.2 Å². The molecule has 0 unspecified atom stereocenters. The number of aryl methyl sites for hydroxylation is 2. The summed E-state index contributed by atoms with van der Waals surface area (Å²) in [5.74, 6) is -1.56. The average molecular weight is 407 g/mol. The maximum atomic E-state index is 13.6. The average Bonchev–Trinajstić information content (AvgIpc) is 2.65. The van der Waals surface area contributed by atoms with Gasteiger partial charge in [0.2, 0.25) is 5.91 Å². The van der Waals surface area contributed by atoms with Crippen LogP contribution in [0.5, 0.6) is 0 Å². The van der Waals surface area contributed by atoms with E-state index in [1.165, 1.54) is 47.0 Å². The van der Waals surface area contributed by atoms with Crippen molar-refractivity contribution in [1.29, 1.82) is 0 Å². The Morgan fingerprint density at radius 3 is 2.25 bits per heavy atom. The second kappa shape index (κ2) is 9.80. The number of hydrogen-bond donors (Lipinski definition) is 0. The van der Waals surface area contributed by atoms with Gasteiger partial charge in [-0.3, -0.25) is 9.69 Å². The van der Waals surface area contributed by atoms with E-state index in [1.54, 1.807) is 4.90 Å². The van der Waals surface area contributed by atoms with Gasteiger partial charge in [-0.1, -0.05) is 24.3 Å². The molecular weight excluding hydrogens is 382 g/mol. The summed E-state index contributed by atoms with van der Waals surface area (Å²) in [6.45, 7) is 7.84. The first-order valence-electron chi connectivity index (χ1n) is 9.13. The van der Waals surface area contributed by atoms with Crippen LogP contribution in [0.15, 0.2) is 42.5 Å². The van der Waals surface area contributed by atoms with E-state index in [0.717, 1.165) is 19.6 Å². The number of nitrogens with zero attached hydrogens (tertiary/aromatic N) is 2. The molecule has 0 aromatic heterocycles. The van der Waals surface area contributed by atoms with Gasteiger partial charge in [-0.15, -0.1) is 12.4 Å². The van der Waals surface area contributed by atoms with Gasteiger partial charge in [-0.25, -0.2) is 8.78 Å². The van der Waals surface area contributed by atoms with Gasteiger partial charge in [-0.05, 0) is 48.7 Å². The minimum atomic E-state index is -0.669. The lowest BCUT2D eigenvalue weighted by molar-refractivity contribution is -0.127. The molecule has 1 heterocycles. The summed E-state index contributed by atoms with van der Waals surface area (Å²) in [5.41, 5.74) is 3.66. The highest BCUT2D eigenvalue weighted by Gasteiger charge is 2.20. The maximum Gasteiger partial charge on any atom is 0.246 e. The first-order valence-corrected chi connectivity index (χ1v) is 9.13. The summed E-state index contributed by atoms with van der Waals surface area (Å²) < 4.78 is 27.3. The molecule has 0 radical (unpaired) electrons. The second-order valence-electron chi connectivity index (χ2n) is 6.99. The number of amides is 1. The van der Waals surface area contributed by atoms with E-state index >= 15 is 0 Å². The predicted molar refractivity (Wildman–Crippen MR) is 110 cm³/mol. The first kappa shape index (κ1) is 22.1. The van der Waals surface area contributed by atoms with Gasteiger partial charge in [0.1, 0.15) is 11.6 Å². The molecule has 150 valence electrons. The molecule has 1 saturated heterocycles. The van der Waals surface area contributed by atoms with E-state index in [9.17, 15) is 13.6 Å². The summed E-state index contributed by atoms with van der Waals surface area (Å²) >= 11 is 0. The van der Waals surface area contributed by atoms with Crippen LogP contribution in [0.1, 0.15) is 22.3 Å². The number of halogens is 3. The number of rotatable bonds is 4. The molecule has 1 fully saturated rings. The van der Waals surface area contributed by atoms with Crippen molar-refractivity contribution in [3.8, 4) is 0 Å². The van der Waals surface area contributed by atoms with Crippen molar-refractivity contribution in [1.82, 2.24) is 9.80 Å². The van der Waals surface area contributed by atoms with Crippen LogP contribution in [0, 0.1) is 25.5 Å². The van der Waals surface area contributed by atoms with Crippen LogP contribution < -0.4 is 0 Å². The molecule has 0 aliphatic carbocycles. The highest BCUT2D eigenvalue weighted by atomic mass is 35.5. The smallest absolute Gasteiger partial charge is 0.246 e. The van der Waals surface area contributed by atoms with Gasteiger partial charge in [-0.2, -0.15) is 0 Å². The number of carbonyl (C=O) groups is 1. The fraction of sp³-hybridized carbons (Fsp3) is 0.318. The van der Waals surface area contributed by atoms with E-state index in [-0.39, 0.29) is 23.9 Å². The quantitative estimate of drug-likeness (QED) is 0.704. The van der Waals surface area contributed by atoms with Crippen molar-refractivity contribution < 1.29 is 13.6 Å². The van der Waals surface area contributed by atoms with E-state index in [4.69, 9.17) is 0 Å². The molecule has 0 atom stereocenters. The van der Waals surface area contributed by atoms with Crippen LogP contribution in [0.3, 0.4) is 0 Å². The zero-order valence-electron chi connectivity index (χ0n) is 16.1. The number of piperazine rings is 1. The SMILES string of the molecule is Cc1ccc(CN2CCN(C(=O)/C=C/c3c(F)cccc3F)CC2)cc1C.Cl.